The number of carbonyl (C=O) groups is 1. The summed E-state index contributed by atoms with van der Waals surface area (Å²) in [4.78, 5) is 16.4. The second-order valence-electron chi connectivity index (χ2n) is 5.67. The van der Waals surface area contributed by atoms with E-state index in [9.17, 15) is 13.6 Å². The summed E-state index contributed by atoms with van der Waals surface area (Å²) in [5, 5.41) is 2.69. The first-order chi connectivity index (χ1) is 12.6. The first-order valence-corrected chi connectivity index (χ1v) is 7.82. The molecule has 4 aromatic rings. The van der Waals surface area contributed by atoms with Gasteiger partial charge in [0, 0.05) is 22.9 Å². The van der Waals surface area contributed by atoms with Gasteiger partial charge >= 0.3 is 0 Å². The molecule has 0 atom stereocenters. The molecular weight excluding hydrogens is 338 g/mol. The number of carbonyl (C=O) groups excluding carboxylic acids is 1. The zero-order valence-corrected chi connectivity index (χ0v) is 13.4. The van der Waals surface area contributed by atoms with Crippen LogP contribution in [0, 0.1) is 11.6 Å². The minimum absolute atomic E-state index is 0.232. The van der Waals surface area contributed by atoms with Crippen LogP contribution in [0.4, 0.5) is 14.5 Å². The predicted molar refractivity (Wildman–Crippen MR) is 93.8 cm³/mol. The number of fused-ring (bicyclic) bond motifs is 1. The van der Waals surface area contributed by atoms with Gasteiger partial charge in [-0.25, -0.2) is 13.8 Å². The molecule has 0 saturated carbocycles. The van der Waals surface area contributed by atoms with Gasteiger partial charge in [-0.1, -0.05) is 6.07 Å². The lowest BCUT2D eigenvalue weighted by Gasteiger charge is -2.06. The lowest BCUT2D eigenvalue weighted by Crippen LogP contribution is -2.11. The molecule has 0 fully saturated rings. The molecule has 0 spiro atoms. The Labute approximate surface area is 147 Å². The van der Waals surface area contributed by atoms with E-state index in [0.29, 0.717) is 28.2 Å². The Morgan fingerprint density at radius 3 is 2.46 bits per heavy atom. The van der Waals surface area contributed by atoms with Crippen LogP contribution >= 0.6 is 0 Å². The molecule has 0 unspecified atom stereocenters. The molecule has 0 radical (unpaired) electrons. The predicted octanol–water partition coefficient (Wildman–Crippen LogP) is 5.03. The average molecular weight is 350 g/mol. The van der Waals surface area contributed by atoms with E-state index in [1.165, 1.54) is 36.4 Å². The smallest absolute Gasteiger partial charge is 0.255 e. The van der Waals surface area contributed by atoms with E-state index in [4.69, 9.17) is 4.42 Å². The van der Waals surface area contributed by atoms with Gasteiger partial charge in [0.05, 0.1) is 0 Å². The monoisotopic (exact) mass is 350 g/mol. The van der Waals surface area contributed by atoms with Gasteiger partial charge < -0.3 is 9.73 Å². The highest BCUT2D eigenvalue weighted by Gasteiger charge is 2.10. The maximum absolute atomic E-state index is 13.2. The number of hydrogen-bond acceptors (Lipinski definition) is 3. The topological polar surface area (TPSA) is 55.1 Å². The van der Waals surface area contributed by atoms with Crippen LogP contribution in [0.2, 0.25) is 0 Å². The Kier molecular flexibility index (Phi) is 3.93. The molecule has 1 aromatic heterocycles. The lowest BCUT2D eigenvalue weighted by atomic mass is 10.2. The van der Waals surface area contributed by atoms with Crippen molar-refractivity contribution in [3.05, 3.63) is 83.9 Å². The Hall–Kier alpha value is -3.54. The van der Waals surface area contributed by atoms with E-state index in [1.807, 2.05) is 0 Å². The van der Waals surface area contributed by atoms with Crippen molar-refractivity contribution in [3.63, 3.8) is 0 Å². The summed E-state index contributed by atoms with van der Waals surface area (Å²) in [5.41, 5.74) is 2.39. The van der Waals surface area contributed by atoms with Crippen molar-refractivity contribution >= 4 is 22.7 Å². The Morgan fingerprint density at radius 1 is 0.923 bits per heavy atom. The van der Waals surface area contributed by atoms with Crippen LogP contribution in [0.3, 0.4) is 0 Å². The fourth-order valence-corrected chi connectivity index (χ4v) is 2.55. The molecule has 4 rings (SSSR count). The third-order valence-electron chi connectivity index (χ3n) is 3.83. The van der Waals surface area contributed by atoms with Gasteiger partial charge in [-0.2, -0.15) is 0 Å². The highest BCUT2D eigenvalue weighted by atomic mass is 19.1. The second kappa shape index (κ2) is 6.40. The molecule has 6 heteroatoms. The molecule has 26 heavy (non-hydrogen) atoms. The molecule has 128 valence electrons. The minimum Gasteiger partial charge on any atom is -0.436 e. The molecule has 0 aliphatic heterocycles. The number of aromatic nitrogens is 1. The van der Waals surface area contributed by atoms with Crippen LogP contribution in [-0.4, -0.2) is 10.9 Å². The first kappa shape index (κ1) is 16.0. The molecule has 0 aliphatic carbocycles. The highest BCUT2D eigenvalue weighted by Crippen LogP contribution is 2.26. The van der Waals surface area contributed by atoms with Gasteiger partial charge in [0.1, 0.15) is 17.2 Å². The fraction of sp³-hybridized carbons (Fsp3) is 0. The summed E-state index contributed by atoms with van der Waals surface area (Å²) in [5.74, 6) is -0.917. The van der Waals surface area contributed by atoms with E-state index in [-0.39, 0.29) is 5.56 Å². The zero-order chi connectivity index (χ0) is 18.1. The van der Waals surface area contributed by atoms with Crippen LogP contribution in [0.25, 0.3) is 22.6 Å². The van der Waals surface area contributed by atoms with Crippen molar-refractivity contribution in [3.8, 4) is 11.5 Å². The van der Waals surface area contributed by atoms with Crippen molar-refractivity contribution < 1.29 is 18.0 Å². The van der Waals surface area contributed by atoms with E-state index in [2.05, 4.69) is 10.3 Å². The van der Waals surface area contributed by atoms with E-state index < -0.39 is 17.5 Å². The minimum atomic E-state index is -0.472. The van der Waals surface area contributed by atoms with Crippen molar-refractivity contribution in [1.29, 1.82) is 0 Å². The van der Waals surface area contributed by atoms with E-state index in [1.54, 1.807) is 30.3 Å². The van der Waals surface area contributed by atoms with Crippen LogP contribution in [0.15, 0.2) is 71.1 Å². The number of nitrogens with one attached hydrogen (secondary N) is 1. The van der Waals surface area contributed by atoms with Gasteiger partial charge in [0.15, 0.2) is 5.58 Å². The fourth-order valence-electron chi connectivity index (χ4n) is 2.55. The molecule has 0 bridgehead atoms. The van der Waals surface area contributed by atoms with Gasteiger partial charge in [0.2, 0.25) is 5.89 Å². The summed E-state index contributed by atoms with van der Waals surface area (Å²) < 4.78 is 32.0. The molecule has 4 nitrogen and oxygen atoms in total. The third-order valence-corrected chi connectivity index (χ3v) is 3.83. The number of anilines is 1. The van der Waals surface area contributed by atoms with Crippen molar-refractivity contribution in [2.75, 3.05) is 5.32 Å². The number of nitrogens with zero attached hydrogens (tertiary/aromatic N) is 1. The summed E-state index contributed by atoms with van der Waals surface area (Å²) >= 11 is 0. The van der Waals surface area contributed by atoms with Gasteiger partial charge in [-0.05, 0) is 54.6 Å². The SMILES string of the molecule is O=C(Nc1ccc(-c2nc3ccc(F)cc3o2)cc1)c1cccc(F)c1. The zero-order valence-electron chi connectivity index (χ0n) is 13.4. The maximum Gasteiger partial charge on any atom is 0.255 e. The number of benzene rings is 3. The molecule has 1 heterocycles. The number of halogens is 2. The third kappa shape index (κ3) is 3.17. The standard InChI is InChI=1S/C20H12F2N2O2/c21-14-3-1-2-13(10-14)19(25)23-16-7-4-12(5-8-16)20-24-17-9-6-15(22)11-18(17)26-20/h1-11H,(H,23,25). The molecule has 3 aromatic carbocycles. The van der Waals surface area contributed by atoms with Gasteiger partial charge in [0.25, 0.3) is 5.91 Å². The van der Waals surface area contributed by atoms with E-state index in [0.717, 1.165) is 0 Å². The quantitative estimate of drug-likeness (QED) is 0.564. The van der Waals surface area contributed by atoms with E-state index >= 15 is 0 Å². The first-order valence-electron chi connectivity index (χ1n) is 7.82. The Balaban J connectivity index is 1.55. The highest BCUT2D eigenvalue weighted by molar-refractivity contribution is 6.04. The number of oxazole rings is 1. The molecule has 0 saturated heterocycles. The second-order valence-corrected chi connectivity index (χ2v) is 5.67. The van der Waals surface area contributed by atoms with Crippen molar-refractivity contribution in [1.82, 2.24) is 4.98 Å². The largest absolute Gasteiger partial charge is 0.436 e. The van der Waals surface area contributed by atoms with Crippen LogP contribution in [0.5, 0.6) is 0 Å². The summed E-state index contributed by atoms with van der Waals surface area (Å²) in [6, 6.07) is 16.4. The van der Waals surface area contributed by atoms with Crippen LogP contribution < -0.4 is 5.32 Å². The molecule has 0 aliphatic rings. The van der Waals surface area contributed by atoms with Crippen molar-refractivity contribution in [2.45, 2.75) is 0 Å². The summed E-state index contributed by atoms with van der Waals surface area (Å²) in [7, 11) is 0. The maximum atomic E-state index is 13.2. The summed E-state index contributed by atoms with van der Waals surface area (Å²) in [6.45, 7) is 0. The summed E-state index contributed by atoms with van der Waals surface area (Å²) in [6.07, 6.45) is 0. The van der Waals surface area contributed by atoms with Crippen LogP contribution in [0.1, 0.15) is 10.4 Å². The normalized spacial score (nSPS) is 10.8. The van der Waals surface area contributed by atoms with Gasteiger partial charge in [-0.15, -0.1) is 0 Å². The van der Waals surface area contributed by atoms with Gasteiger partial charge in [-0.3, -0.25) is 4.79 Å². The number of hydrogen-bond donors (Lipinski definition) is 1. The number of amides is 1. The average Bonchev–Trinajstić information content (AvgIpc) is 3.05. The molecule has 1 amide bonds. The number of rotatable bonds is 3. The van der Waals surface area contributed by atoms with Crippen LogP contribution in [-0.2, 0) is 0 Å². The Morgan fingerprint density at radius 2 is 1.69 bits per heavy atom. The molecule has 1 N–H and O–H groups in total. The lowest BCUT2D eigenvalue weighted by molar-refractivity contribution is 0.102. The van der Waals surface area contributed by atoms with Crippen molar-refractivity contribution in [2.24, 2.45) is 0 Å². The Bertz CT molecular complexity index is 1100. The molecular formula is C20H12F2N2O2.